The van der Waals surface area contributed by atoms with Gasteiger partial charge in [0, 0.05) is 37.5 Å². The van der Waals surface area contributed by atoms with Crippen molar-refractivity contribution < 1.29 is 23.1 Å². The van der Waals surface area contributed by atoms with E-state index in [9.17, 15) is 18.3 Å². The lowest BCUT2D eigenvalue weighted by Gasteiger charge is -2.18. The topological polar surface area (TPSA) is 102 Å². The monoisotopic (exact) mass is 485 g/mol. The highest BCUT2D eigenvalue weighted by Crippen LogP contribution is 2.33. The lowest BCUT2D eigenvalue weighted by molar-refractivity contribution is 0.178. The second-order valence-corrected chi connectivity index (χ2v) is 10.3. The number of aromatic nitrogens is 2. The van der Waals surface area contributed by atoms with Crippen LogP contribution in [0.4, 0.5) is 4.79 Å². The molecule has 0 spiro atoms. The van der Waals surface area contributed by atoms with Crippen LogP contribution in [0.25, 0.3) is 11.1 Å². The molecule has 34 heavy (non-hydrogen) atoms. The van der Waals surface area contributed by atoms with Gasteiger partial charge in [-0.1, -0.05) is 51.5 Å². The number of carboxylic acid groups (broad SMARTS) is 1. The molecule has 3 rings (SSSR count). The Morgan fingerprint density at radius 1 is 1.18 bits per heavy atom. The second kappa shape index (κ2) is 10.7. The van der Waals surface area contributed by atoms with Gasteiger partial charge in [-0.25, -0.2) is 22.5 Å². The zero-order chi connectivity index (χ0) is 24.9. The number of rotatable bonds is 10. The van der Waals surface area contributed by atoms with Gasteiger partial charge in [0.15, 0.2) is 0 Å². The van der Waals surface area contributed by atoms with Gasteiger partial charge in [-0.2, -0.15) is 0 Å². The van der Waals surface area contributed by atoms with Crippen molar-refractivity contribution in [2.24, 2.45) is 0 Å². The SMILES string of the molecule is CCCCOc1ccc(S(=O)(=O)N(C)C(=O)O)c(-c2ccc(Cn3ccnc3C(C)C)cc2)c1. The van der Waals surface area contributed by atoms with E-state index in [0.717, 1.165) is 31.3 Å². The Hall–Kier alpha value is -3.33. The number of carbonyl (C=O) groups is 1. The van der Waals surface area contributed by atoms with Crippen molar-refractivity contribution >= 4 is 16.1 Å². The fourth-order valence-electron chi connectivity index (χ4n) is 3.58. The van der Waals surface area contributed by atoms with Crippen molar-refractivity contribution in [1.29, 1.82) is 0 Å². The lowest BCUT2D eigenvalue weighted by Crippen LogP contribution is -2.32. The first-order valence-electron chi connectivity index (χ1n) is 11.2. The molecule has 1 amide bonds. The van der Waals surface area contributed by atoms with Gasteiger partial charge < -0.3 is 14.4 Å². The number of imidazole rings is 1. The molecule has 3 aromatic rings. The molecule has 182 valence electrons. The summed E-state index contributed by atoms with van der Waals surface area (Å²) in [6.07, 6.45) is 4.01. The molecule has 0 unspecified atom stereocenters. The third-order valence-electron chi connectivity index (χ3n) is 5.51. The first kappa shape index (κ1) is 25.3. The molecule has 0 bridgehead atoms. The summed E-state index contributed by atoms with van der Waals surface area (Å²) in [5.74, 6) is 1.82. The van der Waals surface area contributed by atoms with Crippen molar-refractivity contribution in [3.8, 4) is 16.9 Å². The molecule has 0 atom stereocenters. The van der Waals surface area contributed by atoms with Crippen molar-refractivity contribution in [1.82, 2.24) is 13.9 Å². The van der Waals surface area contributed by atoms with Crippen LogP contribution in [0.3, 0.4) is 0 Å². The maximum absolute atomic E-state index is 13.0. The fourth-order valence-corrected chi connectivity index (χ4v) is 4.77. The largest absolute Gasteiger partial charge is 0.494 e. The summed E-state index contributed by atoms with van der Waals surface area (Å²) in [6.45, 7) is 7.39. The van der Waals surface area contributed by atoms with E-state index in [1.54, 1.807) is 18.3 Å². The first-order chi connectivity index (χ1) is 16.1. The van der Waals surface area contributed by atoms with Gasteiger partial charge in [-0.15, -0.1) is 0 Å². The van der Waals surface area contributed by atoms with Gasteiger partial charge in [0.1, 0.15) is 11.6 Å². The van der Waals surface area contributed by atoms with Crippen LogP contribution in [0.15, 0.2) is 59.8 Å². The first-order valence-corrected chi connectivity index (χ1v) is 12.7. The lowest BCUT2D eigenvalue weighted by atomic mass is 10.0. The Morgan fingerprint density at radius 3 is 2.50 bits per heavy atom. The van der Waals surface area contributed by atoms with Gasteiger partial charge in [0.2, 0.25) is 0 Å². The molecule has 9 heteroatoms. The maximum atomic E-state index is 13.0. The average molecular weight is 486 g/mol. The molecule has 0 fully saturated rings. The number of hydrogen-bond acceptors (Lipinski definition) is 5. The van der Waals surface area contributed by atoms with Gasteiger partial charge in [-0.3, -0.25) is 0 Å². The third kappa shape index (κ3) is 5.59. The summed E-state index contributed by atoms with van der Waals surface area (Å²) in [4.78, 5) is 15.7. The number of amides is 1. The number of sulfonamides is 1. The summed E-state index contributed by atoms with van der Waals surface area (Å²) in [6, 6.07) is 12.2. The Kier molecular flexibility index (Phi) is 7.98. The van der Waals surface area contributed by atoms with Crippen LogP contribution >= 0.6 is 0 Å². The van der Waals surface area contributed by atoms with Crippen molar-refractivity contribution in [3.63, 3.8) is 0 Å². The standard InChI is InChI=1S/C25H31N3O5S/c1-5-6-15-33-21-11-12-23(34(31,32)27(4)25(29)30)22(16-21)20-9-7-19(8-10-20)17-28-14-13-26-24(28)18(2)3/h7-14,16,18H,5-6,15,17H2,1-4H3,(H,29,30). The molecule has 0 aliphatic carbocycles. The predicted molar refractivity (Wildman–Crippen MR) is 131 cm³/mol. The second-order valence-electron chi connectivity index (χ2n) is 8.38. The minimum absolute atomic E-state index is 0.0929. The molecule has 0 aliphatic rings. The van der Waals surface area contributed by atoms with Gasteiger partial charge in [0.05, 0.1) is 11.5 Å². The van der Waals surface area contributed by atoms with Crippen molar-refractivity contribution in [3.05, 3.63) is 66.2 Å². The van der Waals surface area contributed by atoms with Crippen LogP contribution in [0, 0.1) is 0 Å². The number of benzene rings is 2. The maximum Gasteiger partial charge on any atom is 0.421 e. The summed E-state index contributed by atoms with van der Waals surface area (Å²) in [5.41, 5.74) is 2.07. The average Bonchev–Trinajstić information content (AvgIpc) is 3.27. The van der Waals surface area contributed by atoms with E-state index in [1.807, 2.05) is 30.5 Å². The van der Waals surface area contributed by atoms with Crippen LogP contribution in [-0.2, 0) is 16.6 Å². The highest BCUT2D eigenvalue weighted by atomic mass is 32.2. The molecular weight excluding hydrogens is 454 g/mol. The van der Waals surface area contributed by atoms with E-state index in [4.69, 9.17) is 4.74 Å². The Balaban J connectivity index is 1.99. The highest BCUT2D eigenvalue weighted by Gasteiger charge is 2.28. The van der Waals surface area contributed by atoms with Crippen LogP contribution in [0.5, 0.6) is 5.75 Å². The Labute approximate surface area is 200 Å². The molecule has 0 saturated heterocycles. The highest BCUT2D eigenvalue weighted by molar-refractivity contribution is 7.89. The fraction of sp³-hybridized carbons (Fsp3) is 0.360. The van der Waals surface area contributed by atoms with E-state index in [0.29, 0.717) is 40.3 Å². The molecule has 1 N–H and O–H groups in total. The third-order valence-corrected chi connectivity index (χ3v) is 7.30. The molecule has 0 radical (unpaired) electrons. The Morgan fingerprint density at radius 2 is 1.88 bits per heavy atom. The molecule has 0 aliphatic heterocycles. The summed E-state index contributed by atoms with van der Waals surface area (Å²) in [5, 5.41) is 9.27. The molecule has 1 heterocycles. The van der Waals surface area contributed by atoms with Crippen LogP contribution in [-0.4, -0.2) is 47.1 Å². The van der Waals surface area contributed by atoms with Crippen LogP contribution in [0.2, 0.25) is 0 Å². The van der Waals surface area contributed by atoms with Crippen LogP contribution < -0.4 is 4.74 Å². The van der Waals surface area contributed by atoms with E-state index in [2.05, 4.69) is 30.3 Å². The van der Waals surface area contributed by atoms with Gasteiger partial charge in [0.25, 0.3) is 10.0 Å². The van der Waals surface area contributed by atoms with Gasteiger partial charge >= 0.3 is 6.09 Å². The zero-order valence-electron chi connectivity index (χ0n) is 19.9. The molecular formula is C25H31N3O5S. The molecule has 1 aromatic heterocycles. The normalized spacial score (nSPS) is 11.6. The van der Waals surface area contributed by atoms with E-state index in [1.165, 1.54) is 6.07 Å². The minimum atomic E-state index is -4.26. The van der Waals surface area contributed by atoms with E-state index >= 15 is 0 Å². The number of hydrogen-bond donors (Lipinski definition) is 1. The summed E-state index contributed by atoms with van der Waals surface area (Å²) < 4.78 is 34.2. The minimum Gasteiger partial charge on any atom is -0.494 e. The Bertz CT molecular complexity index is 1230. The number of ether oxygens (including phenoxy) is 1. The van der Waals surface area contributed by atoms with Crippen molar-refractivity contribution in [2.75, 3.05) is 13.7 Å². The summed E-state index contributed by atoms with van der Waals surface area (Å²) >= 11 is 0. The zero-order valence-corrected chi connectivity index (χ0v) is 20.7. The molecule has 0 saturated carbocycles. The quantitative estimate of drug-likeness (QED) is 0.396. The summed E-state index contributed by atoms with van der Waals surface area (Å²) in [7, 11) is -3.24. The molecule has 8 nitrogen and oxygen atoms in total. The number of nitrogens with zero attached hydrogens (tertiary/aromatic N) is 3. The molecule has 2 aromatic carbocycles. The smallest absolute Gasteiger partial charge is 0.421 e. The predicted octanol–water partition coefficient (Wildman–Crippen LogP) is 5.20. The van der Waals surface area contributed by atoms with Crippen LogP contribution in [0.1, 0.15) is 50.9 Å². The van der Waals surface area contributed by atoms with E-state index in [-0.39, 0.29) is 4.90 Å². The number of unbranched alkanes of at least 4 members (excludes halogenated alkanes) is 1. The van der Waals surface area contributed by atoms with E-state index < -0.39 is 16.1 Å². The van der Waals surface area contributed by atoms with Gasteiger partial charge in [-0.05, 0) is 35.7 Å². The van der Waals surface area contributed by atoms with Crippen molar-refractivity contribution in [2.45, 2.75) is 51.0 Å².